The first-order valence-electron chi connectivity index (χ1n) is 8.87. The zero-order valence-electron chi connectivity index (χ0n) is 15.5. The summed E-state index contributed by atoms with van der Waals surface area (Å²) in [6.45, 7) is 3.46. The lowest BCUT2D eigenvalue weighted by Crippen LogP contribution is -2.15. The number of imidazole rings is 1. The van der Waals surface area contributed by atoms with E-state index in [2.05, 4.69) is 11.1 Å². The Balaban J connectivity index is 1.81. The Bertz CT molecular complexity index is 1210. The average molecular weight is 371 g/mol. The van der Waals surface area contributed by atoms with E-state index in [-0.39, 0.29) is 5.82 Å². The van der Waals surface area contributed by atoms with Gasteiger partial charge in [-0.3, -0.25) is 4.57 Å². The molecule has 0 amide bonds. The summed E-state index contributed by atoms with van der Waals surface area (Å²) in [6.07, 6.45) is 1.69. The summed E-state index contributed by atoms with van der Waals surface area (Å²) < 4.78 is 16.3. The van der Waals surface area contributed by atoms with Crippen LogP contribution in [0.4, 0.5) is 4.39 Å². The summed E-state index contributed by atoms with van der Waals surface area (Å²) in [6, 6.07) is 19.4. The van der Waals surface area contributed by atoms with Crippen molar-refractivity contribution in [2.24, 2.45) is 0 Å². The van der Waals surface area contributed by atoms with E-state index in [0.29, 0.717) is 16.7 Å². The smallest absolute Gasteiger partial charge is 0.131 e. The van der Waals surface area contributed by atoms with Crippen molar-refractivity contribution < 1.29 is 9.50 Å². The summed E-state index contributed by atoms with van der Waals surface area (Å²) in [5, 5.41) is 19.1. The van der Waals surface area contributed by atoms with Crippen molar-refractivity contribution in [3.05, 3.63) is 83.9 Å². The number of aliphatic hydroxyl groups is 1. The van der Waals surface area contributed by atoms with Gasteiger partial charge in [0.2, 0.25) is 0 Å². The molecule has 138 valence electrons. The molecule has 4 rings (SSSR count). The summed E-state index contributed by atoms with van der Waals surface area (Å²) in [5.41, 5.74) is 3.92. The van der Waals surface area contributed by atoms with Crippen molar-refractivity contribution in [3.8, 4) is 22.9 Å². The highest BCUT2D eigenvalue weighted by Gasteiger charge is 2.17. The number of aromatic nitrogens is 2. The molecule has 0 saturated heterocycles. The SMILES string of the molecule is CC(C)(O)c1ccc2c(c1)ncn2-c1ccc(F)c(-c2ccc(C#N)cc2)c1. The first-order chi connectivity index (χ1) is 13.4. The molecule has 0 unspecified atom stereocenters. The molecule has 4 aromatic rings. The molecule has 3 aromatic carbocycles. The Morgan fingerprint density at radius 3 is 2.46 bits per heavy atom. The molecule has 0 saturated carbocycles. The summed E-state index contributed by atoms with van der Waals surface area (Å²) in [4.78, 5) is 4.44. The van der Waals surface area contributed by atoms with Gasteiger partial charge in [0.15, 0.2) is 0 Å². The normalized spacial score (nSPS) is 11.5. The highest BCUT2D eigenvalue weighted by atomic mass is 19.1. The lowest BCUT2D eigenvalue weighted by Gasteiger charge is -2.17. The number of benzene rings is 3. The lowest BCUT2D eigenvalue weighted by atomic mass is 9.98. The Hall–Kier alpha value is -3.49. The van der Waals surface area contributed by atoms with Crippen LogP contribution in [0.5, 0.6) is 0 Å². The summed E-state index contributed by atoms with van der Waals surface area (Å²) >= 11 is 0. The van der Waals surface area contributed by atoms with Gasteiger partial charge in [0.1, 0.15) is 12.1 Å². The van der Waals surface area contributed by atoms with Crippen LogP contribution in [0.1, 0.15) is 25.0 Å². The van der Waals surface area contributed by atoms with E-state index in [9.17, 15) is 9.50 Å². The Morgan fingerprint density at radius 2 is 1.79 bits per heavy atom. The van der Waals surface area contributed by atoms with Gasteiger partial charge >= 0.3 is 0 Å². The van der Waals surface area contributed by atoms with Crippen molar-refractivity contribution in [1.82, 2.24) is 9.55 Å². The fourth-order valence-electron chi connectivity index (χ4n) is 3.21. The maximum atomic E-state index is 14.5. The van der Waals surface area contributed by atoms with Crippen molar-refractivity contribution in [2.45, 2.75) is 19.4 Å². The van der Waals surface area contributed by atoms with E-state index in [4.69, 9.17) is 5.26 Å². The molecule has 4 nitrogen and oxygen atoms in total. The van der Waals surface area contributed by atoms with E-state index in [1.54, 1.807) is 56.6 Å². The molecule has 1 aromatic heterocycles. The molecular weight excluding hydrogens is 353 g/mol. The molecule has 1 N–H and O–H groups in total. The van der Waals surface area contributed by atoms with Gasteiger partial charge in [0.05, 0.1) is 28.3 Å². The molecule has 0 radical (unpaired) electrons. The van der Waals surface area contributed by atoms with Gasteiger partial charge in [-0.15, -0.1) is 0 Å². The van der Waals surface area contributed by atoms with Crippen LogP contribution in [0.3, 0.4) is 0 Å². The molecule has 5 heteroatoms. The quantitative estimate of drug-likeness (QED) is 0.555. The van der Waals surface area contributed by atoms with Gasteiger partial charge in [-0.05, 0) is 67.4 Å². The lowest BCUT2D eigenvalue weighted by molar-refractivity contribution is 0.0787. The molecule has 0 aliphatic carbocycles. The molecular formula is C23H18FN3O. The minimum Gasteiger partial charge on any atom is -0.386 e. The highest BCUT2D eigenvalue weighted by Crippen LogP contribution is 2.29. The zero-order chi connectivity index (χ0) is 19.9. The van der Waals surface area contributed by atoms with Crippen LogP contribution in [0.25, 0.3) is 27.8 Å². The molecule has 0 aliphatic rings. The minimum atomic E-state index is -0.948. The minimum absolute atomic E-state index is 0.331. The Kier molecular flexibility index (Phi) is 4.21. The third-order valence-corrected chi connectivity index (χ3v) is 4.81. The number of nitrogens with zero attached hydrogens (tertiary/aromatic N) is 3. The van der Waals surface area contributed by atoms with Crippen LogP contribution in [-0.2, 0) is 5.60 Å². The second-order valence-electron chi connectivity index (χ2n) is 7.23. The molecule has 0 bridgehead atoms. The number of halogens is 1. The second-order valence-corrected chi connectivity index (χ2v) is 7.23. The van der Waals surface area contributed by atoms with Crippen molar-refractivity contribution in [3.63, 3.8) is 0 Å². The van der Waals surface area contributed by atoms with Crippen molar-refractivity contribution >= 4 is 11.0 Å². The van der Waals surface area contributed by atoms with Gasteiger partial charge in [0, 0.05) is 11.3 Å². The molecule has 28 heavy (non-hydrogen) atoms. The van der Waals surface area contributed by atoms with Crippen LogP contribution < -0.4 is 0 Å². The fourth-order valence-corrected chi connectivity index (χ4v) is 3.21. The predicted molar refractivity (Wildman–Crippen MR) is 106 cm³/mol. The topological polar surface area (TPSA) is 61.8 Å². The van der Waals surface area contributed by atoms with E-state index in [1.165, 1.54) is 6.07 Å². The second kappa shape index (κ2) is 6.59. The Labute approximate surface area is 162 Å². The van der Waals surface area contributed by atoms with Gasteiger partial charge in [0.25, 0.3) is 0 Å². The fraction of sp³-hybridized carbons (Fsp3) is 0.130. The summed E-state index contributed by atoms with van der Waals surface area (Å²) in [5.74, 6) is -0.331. The highest BCUT2D eigenvalue weighted by molar-refractivity contribution is 5.79. The molecule has 0 fully saturated rings. The van der Waals surface area contributed by atoms with E-state index in [0.717, 1.165) is 22.3 Å². The maximum absolute atomic E-state index is 14.5. The molecule has 0 atom stereocenters. The average Bonchev–Trinajstić information content (AvgIpc) is 3.11. The first-order valence-corrected chi connectivity index (χ1v) is 8.87. The zero-order valence-corrected chi connectivity index (χ0v) is 15.5. The van der Waals surface area contributed by atoms with E-state index >= 15 is 0 Å². The number of fused-ring (bicyclic) bond motifs is 1. The van der Waals surface area contributed by atoms with E-state index < -0.39 is 5.60 Å². The maximum Gasteiger partial charge on any atom is 0.131 e. The number of rotatable bonds is 3. The van der Waals surface area contributed by atoms with Crippen LogP contribution in [0, 0.1) is 17.1 Å². The molecule has 0 aliphatic heterocycles. The van der Waals surface area contributed by atoms with Crippen LogP contribution >= 0.6 is 0 Å². The van der Waals surface area contributed by atoms with Gasteiger partial charge < -0.3 is 5.11 Å². The number of hydrogen-bond donors (Lipinski definition) is 1. The summed E-state index contributed by atoms with van der Waals surface area (Å²) in [7, 11) is 0. The third-order valence-electron chi connectivity index (χ3n) is 4.81. The third kappa shape index (κ3) is 3.15. The number of hydrogen-bond acceptors (Lipinski definition) is 3. The van der Waals surface area contributed by atoms with Gasteiger partial charge in [-0.1, -0.05) is 18.2 Å². The largest absolute Gasteiger partial charge is 0.386 e. The monoisotopic (exact) mass is 371 g/mol. The standard InChI is InChI=1S/C23H18FN3O/c1-23(2,28)17-7-10-22-21(11-17)26-14-27(22)18-8-9-20(24)19(12-18)16-5-3-15(13-25)4-6-16/h3-12,14,28H,1-2H3. The predicted octanol–water partition coefficient (Wildman–Crippen LogP) is 4.93. The number of nitriles is 1. The Morgan fingerprint density at radius 1 is 1.04 bits per heavy atom. The van der Waals surface area contributed by atoms with E-state index in [1.807, 2.05) is 22.8 Å². The van der Waals surface area contributed by atoms with Gasteiger partial charge in [-0.2, -0.15) is 5.26 Å². The molecule has 0 spiro atoms. The molecule has 1 heterocycles. The van der Waals surface area contributed by atoms with Crippen molar-refractivity contribution in [1.29, 1.82) is 5.26 Å². The van der Waals surface area contributed by atoms with Crippen molar-refractivity contribution in [2.75, 3.05) is 0 Å². The van der Waals surface area contributed by atoms with Crippen LogP contribution in [0.2, 0.25) is 0 Å². The van der Waals surface area contributed by atoms with Crippen LogP contribution in [-0.4, -0.2) is 14.7 Å². The van der Waals surface area contributed by atoms with Gasteiger partial charge in [-0.25, -0.2) is 9.37 Å². The van der Waals surface area contributed by atoms with Crippen LogP contribution in [0.15, 0.2) is 67.0 Å². The first kappa shape index (κ1) is 17.9.